The van der Waals surface area contributed by atoms with E-state index < -0.39 is 30.3 Å². The first kappa shape index (κ1) is 21.4. The van der Waals surface area contributed by atoms with Crippen molar-refractivity contribution in [2.24, 2.45) is 0 Å². The van der Waals surface area contributed by atoms with Gasteiger partial charge in [-0.1, -0.05) is 0 Å². The average Bonchev–Trinajstić information content (AvgIpc) is 2.39. The van der Waals surface area contributed by atoms with Gasteiger partial charge in [-0.2, -0.15) is 13.2 Å². The average molecular weight is 367 g/mol. The minimum atomic E-state index is -4.44. The standard InChI is InChI=1S/C13H15F5N2.2ClH/c14-9-1-2-11(15)10(7-9)12(8-13(16,17)18)20-5-3-19-4-6-20;;/h1-2,7,12,19H,3-6,8H2;2*1H/t12-;;/m1../s1. The largest absolute Gasteiger partial charge is 0.390 e. The van der Waals surface area contributed by atoms with Crippen molar-refractivity contribution in [3.05, 3.63) is 35.4 Å². The highest BCUT2D eigenvalue weighted by molar-refractivity contribution is 5.85. The fourth-order valence-electron chi connectivity index (χ4n) is 2.42. The lowest BCUT2D eigenvalue weighted by Crippen LogP contribution is -2.46. The molecule has 1 fully saturated rings. The molecule has 1 atom stereocenters. The topological polar surface area (TPSA) is 15.3 Å². The summed E-state index contributed by atoms with van der Waals surface area (Å²) in [5.74, 6) is -1.54. The predicted molar refractivity (Wildman–Crippen MR) is 78.7 cm³/mol. The minimum Gasteiger partial charge on any atom is -0.314 e. The Labute approximate surface area is 137 Å². The van der Waals surface area contributed by atoms with Crippen LogP contribution >= 0.6 is 24.8 Å². The van der Waals surface area contributed by atoms with E-state index in [2.05, 4.69) is 5.32 Å². The van der Waals surface area contributed by atoms with Crippen LogP contribution < -0.4 is 5.32 Å². The van der Waals surface area contributed by atoms with Crippen molar-refractivity contribution in [3.8, 4) is 0 Å². The van der Waals surface area contributed by atoms with Crippen molar-refractivity contribution in [3.63, 3.8) is 0 Å². The van der Waals surface area contributed by atoms with Crippen LogP contribution in [0.3, 0.4) is 0 Å². The van der Waals surface area contributed by atoms with Gasteiger partial charge in [-0.3, -0.25) is 4.90 Å². The Hall–Kier alpha value is -0.630. The van der Waals surface area contributed by atoms with Gasteiger partial charge in [-0.15, -0.1) is 24.8 Å². The molecule has 2 rings (SSSR count). The van der Waals surface area contributed by atoms with Crippen molar-refractivity contribution in [2.45, 2.75) is 18.6 Å². The quantitative estimate of drug-likeness (QED) is 0.820. The smallest absolute Gasteiger partial charge is 0.314 e. The highest BCUT2D eigenvalue weighted by atomic mass is 35.5. The molecule has 2 nitrogen and oxygen atoms in total. The van der Waals surface area contributed by atoms with E-state index >= 15 is 0 Å². The third-order valence-corrected chi connectivity index (χ3v) is 3.33. The second kappa shape index (κ2) is 8.86. The number of benzene rings is 1. The molecule has 0 aliphatic carbocycles. The lowest BCUT2D eigenvalue weighted by atomic mass is 10.00. The molecule has 1 aliphatic heterocycles. The predicted octanol–water partition coefficient (Wildman–Crippen LogP) is 3.71. The van der Waals surface area contributed by atoms with E-state index in [0.717, 1.165) is 18.2 Å². The van der Waals surface area contributed by atoms with Gasteiger partial charge in [-0.05, 0) is 18.2 Å². The Morgan fingerprint density at radius 3 is 2.23 bits per heavy atom. The molecule has 0 spiro atoms. The van der Waals surface area contributed by atoms with Crippen LogP contribution in [-0.2, 0) is 0 Å². The van der Waals surface area contributed by atoms with Gasteiger partial charge < -0.3 is 5.32 Å². The van der Waals surface area contributed by atoms with Gasteiger partial charge in [0.25, 0.3) is 0 Å². The molecule has 1 heterocycles. The maximum absolute atomic E-state index is 13.8. The summed E-state index contributed by atoms with van der Waals surface area (Å²) in [4.78, 5) is 1.54. The molecule has 128 valence electrons. The number of halogens is 7. The molecular formula is C13H17Cl2F5N2. The maximum atomic E-state index is 13.8. The Morgan fingerprint density at radius 2 is 1.68 bits per heavy atom. The van der Waals surface area contributed by atoms with Crippen molar-refractivity contribution >= 4 is 24.8 Å². The lowest BCUT2D eigenvalue weighted by Gasteiger charge is -2.35. The van der Waals surface area contributed by atoms with Crippen LogP contribution in [0.4, 0.5) is 22.0 Å². The molecule has 1 aromatic carbocycles. The van der Waals surface area contributed by atoms with E-state index in [4.69, 9.17) is 0 Å². The summed E-state index contributed by atoms with van der Waals surface area (Å²) < 4.78 is 65.2. The van der Waals surface area contributed by atoms with Crippen molar-refractivity contribution in [1.29, 1.82) is 0 Å². The van der Waals surface area contributed by atoms with Crippen LogP contribution in [0, 0.1) is 11.6 Å². The molecule has 9 heteroatoms. The highest BCUT2D eigenvalue weighted by Gasteiger charge is 2.37. The van der Waals surface area contributed by atoms with Crippen LogP contribution in [-0.4, -0.2) is 37.3 Å². The van der Waals surface area contributed by atoms with Gasteiger partial charge >= 0.3 is 6.18 Å². The Kier molecular flexibility index (Phi) is 8.61. The summed E-state index contributed by atoms with van der Waals surface area (Å²) in [7, 11) is 0. The van der Waals surface area contributed by atoms with E-state index in [9.17, 15) is 22.0 Å². The highest BCUT2D eigenvalue weighted by Crippen LogP contribution is 2.35. The third kappa shape index (κ3) is 5.87. The molecule has 1 saturated heterocycles. The van der Waals surface area contributed by atoms with E-state index in [-0.39, 0.29) is 30.4 Å². The Bertz CT molecular complexity index is 464. The minimum absolute atomic E-state index is 0. The first-order chi connectivity index (χ1) is 9.37. The summed E-state index contributed by atoms with van der Waals surface area (Å²) in [5, 5.41) is 3.02. The van der Waals surface area contributed by atoms with E-state index in [1.165, 1.54) is 0 Å². The first-order valence-electron chi connectivity index (χ1n) is 6.33. The molecule has 1 aliphatic rings. The van der Waals surface area contributed by atoms with Gasteiger partial charge in [-0.25, -0.2) is 8.78 Å². The number of rotatable bonds is 3. The molecule has 0 unspecified atom stereocenters. The summed E-state index contributed by atoms with van der Waals surface area (Å²) in [6.07, 6.45) is -5.62. The Morgan fingerprint density at radius 1 is 1.09 bits per heavy atom. The van der Waals surface area contributed by atoms with E-state index in [1.807, 2.05) is 0 Å². The SMILES string of the molecule is Cl.Cl.Fc1ccc(F)c([C@@H](CC(F)(F)F)N2CCNCC2)c1. The first-order valence-corrected chi connectivity index (χ1v) is 6.33. The number of nitrogens with one attached hydrogen (secondary N) is 1. The van der Waals surface area contributed by atoms with Crippen LogP contribution in [0.25, 0.3) is 0 Å². The zero-order valence-corrected chi connectivity index (χ0v) is 13.1. The summed E-state index contributed by atoms with van der Waals surface area (Å²) in [6, 6.07) is 1.44. The second-order valence-electron chi connectivity index (χ2n) is 4.79. The number of alkyl halides is 3. The monoisotopic (exact) mass is 366 g/mol. The van der Waals surface area contributed by atoms with E-state index in [1.54, 1.807) is 4.90 Å². The molecule has 1 N–H and O–H groups in total. The summed E-state index contributed by atoms with van der Waals surface area (Å²) in [5.41, 5.74) is -0.232. The van der Waals surface area contributed by atoms with Gasteiger partial charge in [0.2, 0.25) is 0 Å². The molecule has 0 amide bonds. The molecule has 0 radical (unpaired) electrons. The zero-order valence-electron chi connectivity index (χ0n) is 11.5. The van der Waals surface area contributed by atoms with E-state index in [0.29, 0.717) is 26.2 Å². The fourth-order valence-corrected chi connectivity index (χ4v) is 2.42. The zero-order chi connectivity index (χ0) is 14.8. The van der Waals surface area contributed by atoms with Gasteiger partial charge in [0.1, 0.15) is 11.6 Å². The summed E-state index contributed by atoms with van der Waals surface area (Å²) in [6.45, 7) is 1.81. The third-order valence-electron chi connectivity index (χ3n) is 3.33. The Balaban J connectivity index is 0.00000220. The van der Waals surface area contributed by atoms with Crippen LogP contribution in [0.1, 0.15) is 18.0 Å². The number of hydrogen-bond acceptors (Lipinski definition) is 2. The maximum Gasteiger partial charge on any atom is 0.390 e. The molecule has 0 saturated carbocycles. The lowest BCUT2D eigenvalue weighted by molar-refractivity contribution is -0.149. The molecule has 0 bridgehead atoms. The van der Waals surface area contributed by atoms with Crippen LogP contribution in [0.2, 0.25) is 0 Å². The van der Waals surface area contributed by atoms with Gasteiger partial charge in [0.05, 0.1) is 6.42 Å². The number of hydrogen-bond donors (Lipinski definition) is 1. The van der Waals surface area contributed by atoms with Gasteiger partial charge in [0.15, 0.2) is 0 Å². The second-order valence-corrected chi connectivity index (χ2v) is 4.79. The molecule has 1 aromatic rings. The van der Waals surface area contributed by atoms with Crippen molar-refractivity contribution in [2.75, 3.05) is 26.2 Å². The number of nitrogens with zero attached hydrogens (tertiary/aromatic N) is 1. The van der Waals surface area contributed by atoms with Crippen LogP contribution in [0.5, 0.6) is 0 Å². The normalized spacial score (nSPS) is 17.3. The van der Waals surface area contributed by atoms with Crippen LogP contribution in [0.15, 0.2) is 18.2 Å². The van der Waals surface area contributed by atoms with Crippen molar-refractivity contribution < 1.29 is 22.0 Å². The van der Waals surface area contributed by atoms with Gasteiger partial charge in [0, 0.05) is 37.8 Å². The molecule has 22 heavy (non-hydrogen) atoms. The fraction of sp³-hybridized carbons (Fsp3) is 0.538. The number of piperazine rings is 1. The summed E-state index contributed by atoms with van der Waals surface area (Å²) >= 11 is 0. The van der Waals surface area contributed by atoms with Crippen molar-refractivity contribution in [1.82, 2.24) is 10.2 Å². The molecular weight excluding hydrogens is 350 g/mol. The molecule has 0 aromatic heterocycles.